The number of hydrogen-bond acceptors (Lipinski definition) is 3. The number of allylic oxidation sites excluding steroid dienone is 1. The summed E-state index contributed by atoms with van der Waals surface area (Å²) >= 11 is 0. The molecule has 4 nitrogen and oxygen atoms in total. The first-order valence-electron chi connectivity index (χ1n) is 6.26. The molecule has 0 spiro atoms. The molecule has 2 rings (SSSR count). The van der Waals surface area contributed by atoms with E-state index >= 15 is 0 Å². The molecular weight excluding hydrogens is 218 g/mol. The van der Waals surface area contributed by atoms with Gasteiger partial charge in [0.2, 0.25) is 0 Å². The van der Waals surface area contributed by atoms with E-state index in [2.05, 4.69) is 0 Å². The van der Waals surface area contributed by atoms with Gasteiger partial charge < -0.3 is 9.84 Å². The van der Waals surface area contributed by atoms with E-state index < -0.39 is 5.60 Å². The molecule has 0 saturated carbocycles. The predicted octanol–water partition coefficient (Wildman–Crippen LogP) is 2.42. The van der Waals surface area contributed by atoms with Gasteiger partial charge in [0.25, 0.3) is 0 Å². The lowest BCUT2D eigenvalue weighted by Gasteiger charge is -2.42. The fourth-order valence-electron chi connectivity index (χ4n) is 2.53. The number of nitrogens with zero attached hydrogens (tertiary/aromatic N) is 1. The summed E-state index contributed by atoms with van der Waals surface area (Å²) in [6.45, 7) is 5.61. The third kappa shape index (κ3) is 2.80. The normalized spacial score (nSPS) is 28.7. The molecule has 2 aliphatic rings. The van der Waals surface area contributed by atoms with Crippen LogP contribution >= 0.6 is 0 Å². The van der Waals surface area contributed by atoms with Crippen LogP contribution < -0.4 is 0 Å². The Balaban J connectivity index is 2.13. The van der Waals surface area contributed by atoms with Crippen LogP contribution in [0.25, 0.3) is 0 Å². The molecule has 2 atom stereocenters. The van der Waals surface area contributed by atoms with Gasteiger partial charge in [-0.05, 0) is 40.0 Å². The van der Waals surface area contributed by atoms with E-state index in [1.165, 1.54) is 0 Å². The molecule has 1 saturated heterocycles. The van der Waals surface area contributed by atoms with Gasteiger partial charge in [0.15, 0.2) is 0 Å². The van der Waals surface area contributed by atoms with Gasteiger partial charge in [0.1, 0.15) is 5.60 Å². The molecule has 4 heteroatoms. The minimum Gasteiger partial charge on any atom is -0.443 e. The van der Waals surface area contributed by atoms with E-state index in [1.54, 1.807) is 4.90 Å². The minimum absolute atomic E-state index is 0.105. The maximum absolute atomic E-state index is 12.1. The second-order valence-corrected chi connectivity index (χ2v) is 5.87. The maximum Gasteiger partial charge on any atom is 0.414 e. The highest BCUT2D eigenvalue weighted by Crippen LogP contribution is 2.34. The SMILES string of the molecule is CC(C)(C)OC(=O)N1C2=CCCC1C[C@@H](O)C2. The van der Waals surface area contributed by atoms with Crippen LogP contribution in [0, 0.1) is 0 Å². The summed E-state index contributed by atoms with van der Waals surface area (Å²) < 4.78 is 5.41. The van der Waals surface area contributed by atoms with E-state index in [4.69, 9.17) is 4.74 Å². The highest BCUT2D eigenvalue weighted by atomic mass is 16.6. The van der Waals surface area contributed by atoms with Crippen LogP contribution in [-0.4, -0.2) is 33.8 Å². The molecule has 1 amide bonds. The fourth-order valence-corrected chi connectivity index (χ4v) is 2.53. The molecule has 1 fully saturated rings. The number of carbonyl (C=O) groups is 1. The van der Waals surface area contributed by atoms with Crippen molar-refractivity contribution in [2.24, 2.45) is 0 Å². The Morgan fingerprint density at radius 3 is 2.82 bits per heavy atom. The molecule has 1 N–H and O–H groups in total. The summed E-state index contributed by atoms with van der Waals surface area (Å²) in [5, 5.41) is 9.73. The second kappa shape index (κ2) is 4.33. The van der Waals surface area contributed by atoms with Crippen molar-refractivity contribution in [1.29, 1.82) is 0 Å². The van der Waals surface area contributed by atoms with Gasteiger partial charge in [0, 0.05) is 18.2 Å². The first-order valence-corrected chi connectivity index (χ1v) is 6.26. The number of carbonyl (C=O) groups excluding carboxylic acids is 1. The predicted molar refractivity (Wildman–Crippen MR) is 64.4 cm³/mol. The molecule has 0 radical (unpaired) electrons. The number of ether oxygens (including phenoxy) is 1. The zero-order chi connectivity index (χ0) is 12.6. The molecule has 1 unspecified atom stereocenters. The van der Waals surface area contributed by atoms with E-state index in [0.29, 0.717) is 12.8 Å². The Morgan fingerprint density at radius 2 is 2.24 bits per heavy atom. The molecule has 0 aromatic heterocycles. The first-order chi connectivity index (χ1) is 7.87. The average molecular weight is 239 g/mol. The largest absolute Gasteiger partial charge is 0.443 e. The first kappa shape index (κ1) is 12.4. The van der Waals surface area contributed by atoms with E-state index in [9.17, 15) is 9.90 Å². The van der Waals surface area contributed by atoms with Gasteiger partial charge in [-0.25, -0.2) is 4.79 Å². The number of fused-ring (bicyclic) bond motifs is 2. The highest BCUT2D eigenvalue weighted by molar-refractivity contribution is 5.71. The van der Waals surface area contributed by atoms with Crippen molar-refractivity contribution in [3.05, 3.63) is 11.8 Å². The molecule has 17 heavy (non-hydrogen) atoms. The van der Waals surface area contributed by atoms with E-state index in [0.717, 1.165) is 18.5 Å². The zero-order valence-corrected chi connectivity index (χ0v) is 10.8. The quantitative estimate of drug-likeness (QED) is 0.706. The number of aliphatic hydroxyl groups is 1. The molecular formula is C13H21NO3. The monoisotopic (exact) mass is 239 g/mol. The summed E-state index contributed by atoms with van der Waals surface area (Å²) in [7, 11) is 0. The Morgan fingerprint density at radius 1 is 1.53 bits per heavy atom. The molecule has 0 aromatic carbocycles. The summed E-state index contributed by atoms with van der Waals surface area (Å²) in [6.07, 6.45) is 4.59. The Kier molecular flexibility index (Phi) is 3.17. The third-order valence-electron chi connectivity index (χ3n) is 3.13. The average Bonchev–Trinajstić information content (AvgIpc) is 2.12. The summed E-state index contributed by atoms with van der Waals surface area (Å²) in [4.78, 5) is 13.9. The van der Waals surface area contributed by atoms with Crippen molar-refractivity contribution < 1.29 is 14.6 Å². The lowest BCUT2D eigenvalue weighted by Crippen LogP contribution is -2.49. The summed E-state index contributed by atoms with van der Waals surface area (Å²) in [5.41, 5.74) is 0.455. The lowest BCUT2D eigenvalue weighted by atomic mass is 9.89. The van der Waals surface area contributed by atoms with Gasteiger partial charge in [0.05, 0.1) is 6.10 Å². The molecule has 0 aliphatic carbocycles. The van der Waals surface area contributed by atoms with Crippen LogP contribution in [0.5, 0.6) is 0 Å². The van der Waals surface area contributed by atoms with Crippen molar-refractivity contribution in [3.63, 3.8) is 0 Å². The van der Waals surface area contributed by atoms with Gasteiger partial charge in [-0.15, -0.1) is 0 Å². The van der Waals surface area contributed by atoms with Gasteiger partial charge in [-0.3, -0.25) is 4.90 Å². The third-order valence-corrected chi connectivity index (χ3v) is 3.13. The van der Waals surface area contributed by atoms with Gasteiger partial charge in [-0.2, -0.15) is 0 Å². The standard InChI is InChI=1S/C13H21NO3/c1-13(2,3)17-12(16)14-9-5-4-6-10(14)8-11(15)7-9/h5,10-11,15H,4,6-8H2,1-3H3/t10?,11-/m0/s1. The lowest BCUT2D eigenvalue weighted by molar-refractivity contribution is 0.00299. The van der Waals surface area contributed by atoms with Crippen LogP contribution in [-0.2, 0) is 4.74 Å². The number of piperidine rings is 1. The van der Waals surface area contributed by atoms with Crippen molar-refractivity contribution in [3.8, 4) is 0 Å². The second-order valence-electron chi connectivity index (χ2n) is 5.87. The number of amides is 1. The summed E-state index contributed by atoms with van der Waals surface area (Å²) in [5.74, 6) is 0. The van der Waals surface area contributed by atoms with Crippen LogP contribution in [0.2, 0.25) is 0 Å². The molecule has 2 bridgehead atoms. The molecule has 2 heterocycles. The number of rotatable bonds is 0. The van der Waals surface area contributed by atoms with Crippen LogP contribution in [0.4, 0.5) is 4.79 Å². The molecule has 2 aliphatic heterocycles. The van der Waals surface area contributed by atoms with Crippen molar-refractivity contribution >= 4 is 6.09 Å². The van der Waals surface area contributed by atoms with Crippen LogP contribution in [0.15, 0.2) is 11.8 Å². The van der Waals surface area contributed by atoms with Crippen molar-refractivity contribution in [2.75, 3.05) is 0 Å². The smallest absolute Gasteiger partial charge is 0.414 e. The van der Waals surface area contributed by atoms with Gasteiger partial charge >= 0.3 is 6.09 Å². The fraction of sp³-hybridized carbons (Fsp3) is 0.769. The molecule has 0 aromatic rings. The highest BCUT2D eigenvalue weighted by Gasteiger charge is 2.38. The number of aliphatic hydroxyl groups excluding tert-OH is 1. The topological polar surface area (TPSA) is 49.8 Å². The number of hydrogen-bond donors (Lipinski definition) is 1. The Labute approximate surface area is 102 Å². The minimum atomic E-state index is -0.470. The van der Waals surface area contributed by atoms with Crippen molar-refractivity contribution in [1.82, 2.24) is 4.90 Å². The van der Waals surface area contributed by atoms with Crippen LogP contribution in [0.1, 0.15) is 46.5 Å². The van der Waals surface area contributed by atoms with Crippen LogP contribution in [0.3, 0.4) is 0 Å². The summed E-state index contributed by atoms with van der Waals surface area (Å²) in [6, 6.07) is 0.105. The zero-order valence-electron chi connectivity index (χ0n) is 10.8. The van der Waals surface area contributed by atoms with Gasteiger partial charge in [-0.1, -0.05) is 6.08 Å². The van der Waals surface area contributed by atoms with E-state index in [1.807, 2.05) is 26.8 Å². The maximum atomic E-state index is 12.1. The van der Waals surface area contributed by atoms with E-state index in [-0.39, 0.29) is 18.2 Å². The Bertz CT molecular complexity index is 343. The Hall–Kier alpha value is -1.03. The molecule has 96 valence electrons. The van der Waals surface area contributed by atoms with Crippen molar-refractivity contribution in [2.45, 2.75) is 64.2 Å².